The van der Waals surface area contributed by atoms with Gasteiger partial charge in [0.1, 0.15) is 4.90 Å². The lowest BCUT2D eigenvalue weighted by Crippen LogP contribution is -2.16. The van der Waals surface area contributed by atoms with Crippen LogP contribution in [-0.4, -0.2) is 19.1 Å². The number of nitrogens with one attached hydrogen (secondary N) is 2. The van der Waals surface area contributed by atoms with Crippen molar-refractivity contribution in [2.75, 3.05) is 10.1 Å². The minimum atomic E-state index is -4.13. The molecule has 0 bridgehead atoms. The molecule has 2 N–H and O–H groups in total. The number of hydrogen-bond acceptors (Lipinski definition) is 6. The second kappa shape index (κ2) is 8.97. The molecule has 0 aliphatic rings. The van der Waals surface area contributed by atoms with E-state index >= 15 is 0 Å². The smallest absolute Gasteiger partial charge is 0.270 e. The Morgan fingerprint density at radius 1 is 0.968 bits per heavy atom. The van der Waals surface area contributed by atoms with E-state index in [-0.39, 0.29) is 16.3 Å². The van der Waals surface area contributed by atoms with Crippen LogP contribution in [0.4, 0.5) is 17.1 Å². The Balaban J connectivity index is 2.00. The second-order valence-electron chi connectivity index (χ2n) is 7.04. The first-order chi connectivity index (χ1) is 14.7. The zero-order chi connectivity index (χ0) is 22.6. The van der Waals surface area contributed by atoms with Crippen LogP contribution in [0.2, 0.25) is 0 Å². The van der Waals surface area contributed by atoms with Crippen molar-refractivity contribution < 1.29 is 13.3 Å². The summed E-state index contributed by atoms with van der Waals surface area (Å²) in [5.41, 5.74) is 6.13. The molecule has 9 heteroatoms. The molecule has 0 unspecified atom stereocenters. The van der Waals surface area contributed by atoms with Crippen LogP contribution < -0.4 is 10.1 Å². The fourth-order valence-electron chi connectivity index (χ4n) is 2.96. The first-order valence-electron chi connectivity index (χ1n) is 9.41. The monoisotopic (exact) mass is 438 g/mol. The molecule has 0 saturated heterocycles. The van der Waals surface area contributed by atoms with Crippen molar-refractivity contribution >= 4 is 32.8 Å². The van der Waals surface area contributed by atoms with Crippen LogP contribution in [-0.2, 0) is 10.0 Å². The minimum absolute atomic E-state index is 0.123. The number of hydrazone groups is 1. The highest BCUT2D eigenvalue weighted by Gasteiger charge is 2.23. The van der Waals surface area contributed by atoms with Crippen molar-refractivity contribution in [2.24, 2.45) is 5.10 Å². The van der Waals surface area contributed by atoms with Gasteiger partial charge in [0, 0.05) is 12.1 Å². The minimum Gasteiger partial charge on any atom is -0.279 e. The molecule has 31 heavy (non-hydrogen) atoms. The Morgan fingerprint density at radius 3 is 2.29 bits per heavy atom. The lowest BCUT2D eigenvalue weighted by Gasteiger charge is -2.14. The molecule has 0 spiro atoms. The summed E-state index contributed by atoms with van der Waals surface area (Å²) in [6, 6.07) is 18.2. The van der Waals surface area contributed by atoms with E-state index in [0.717, 1.165) is 22.8 Å². The van der Waals surface area contributed by atoms with Crippen molar-refractivity contribution in [3.05, 3.63) is 93.5 Å². The van der Waals surface area contributed by atoms with E-state index in [1.807, 2.05) is 43.3 Å². The summed E-state index contributed by atoms with van der Waals surface area (Å²) in [7, 11) is -4.13. The van der Waals surface area contributed by atoms with Gasteiger partial charge in [-0.3, -0.25) is 20.3 Å². The Hall–Kier alpha value is -3.72. The molecule has 8 nitrogen and oxygen atoms in total. The van der Waals surface area contributed by atoms with Gasteiger partial charge in [-0.1, -0.05) is 48.0 Å². The molecule has 0 heterocycles. The number of sulfonamides is 1. The Labute approximate surface area is 180 Å². The van der Waals surface area contributed by atoms with E-state index in [2.05, 4.69) is 15.2 Å². The molecule has 0 radical (unpaired) electrons. The maximum Gasteiger partial charge on any atom is 0.270 e. The van der Waals surface area contributed by atoms with Gasteiger partial charge in [0.05, 0.1) is 22.0 Å². The van der Waals surface area contributed by atoms with Gasteiger partial charge in [0.15, 0.2) is 0 Å². The van der Waals surface area contributed by atoms with Crippen molar-refractivity contribution in [1.29, 1.82) is 0 Å². The summed E-state index contributed by atoms with van der Waals surface area (Å²) >= 11 is 0. The number of aryl methyl sites for hydroxylation is 2. The largest absolute Gasteiger partial charge is 0.279 e. The van der Waals surface area contributed by atoms with E-state index < -0.39 is 14.9 Å². The SMILES string of the molecule is CC(=NNc1ccc([N+](=O)[O-])cc1S(=O)(=O)Nc1ccc(C)cc1C)c1ccccc1. The van der Waals surface area contributed by atoms with Crippen LogP contribution in [0, 0.1) is 24.0 Å². The van der Waals surface area contributed by atoms with Crippen LogP contribution in [0.15, 0.2) is 76.7 Å². The molecule has 0 aromatic heterocycles. The fourth-order valence-corrected chi connectivity index (χ4v) is 4.26. The number of hydrogen-bond donors (Lipinski definition) is 2. The van der Waals surface area contributed by atoms with Crippen LogP contribution in [0.1, 0.15) is 23.6 Å². The number of nitro groups is 1. The van der Waals surface area contributed by atoms with E-state index in [1.165, 1.54) is 12.1 Å². The lowest BCUT2D eigenvalue weighted by molar-refractivity contribution is -0.385. The highest BCUT2D eigenvalue weighted by molar-refractivity contribution is 7.92. The summed E-state index contributed by atoms with van der Waals surface area (Å²) in [6.45, 7) is 5.46. The molecule has 0 saturated carbocycles. The van der Waals surface area contributed by atoms with Gasteiger partial charge in [0.25, 0.3) is 15.7 Å². The van der Waals surface area contributed by atoms with Crippen molar-refractivity contribution in [3.8, 4) is 0 Å². The topological polar surface area (TPSA) is 114 Å². The molecular weight excluding hydrogens is 416 g/mol. The number of benzene rings is 3. The molecular formula is C22H22N4O4S. The first kappa shape index (κ1) is 22.0. The molecule has 0 aliphatic heterocycles. The quantitative estimate of drug-likeness (QED) is 0.311. The second-order valence-corrected chi connectivity index (χ2v) is 8.69. The van der Waals surface area contributed by atoms with E-state index in [4.69, 9.17) is 0 Å². The maximum absolute atomic E-state index is 13.1. The predicted octanol–water partition coefficient (Wildman–Crippen LogP) is 4.85. The molecule has 160 valence electrons. The van der Waals surface area contributed by atoms with Crippen molar-refractivity contribution in [3.63, 3.8) is 0 Å². The fraction of sp³-hybridized carbons (Fsp3) is 0.136. The molecule has 0 atom stereocenters. The summed E-state index contributed by atoms with van der Waals surface area (Å²) in [5.74, 6) is 0. The molecule has 3 aromatic rings. The zero-order valence-electron chi connectivity index (χ0n) is 17.3. The highest BCUT2D eigenvalue weighted by Crippen LogP contribution is 2.29. The summed E-state index contributed by atoms with van der Waals surface area (Å²) < 4.78 is 28.8. The van der Waals surface area contributed by atoms with Crippen LogP contribution >= 0.6 is 0 Å². The first-order valence-corrected chi connectivity index (χ1v) is 10.9. The van der Waals surface area contributed by atoms with Gasteiger partial charge in [-0.15, -0.1) is 0 Å². The highest BCUT2D eigenvalue weighted by atomic mass is 32.2. The number of nitrogens with zero attached hydrogens (tertiary/aromatic N) is 2. The predicted molar refractivity (Wildman–Crippen MR) is 122 cm³/mol. The van der Waals surface area contributed by atoms with Crippen LogP contribution in [0.3, 0.4) is 0 Å². The average Bonchev–Trinajstić information content (AvgIpc) is 2.74. The van der Waals surface area contributed by atoms with E-state index in [1.54, 1.807) is 26.0 Å². The number of anilines is 2. The van der Waals surface area contributed by atoms with Crippen LogP contribution in [0.5, 0.6) is 0 Å². The summed E-state index contributed by atoms with van der Waals surface area (Å²) in [4.78, 5) is 10.3. The van der Waals surface area contributed by atoms with Gasteiger partial charge in [0.2, 0.25) is 0 Å². The number of nitro benzene ring substituents is 1. The third kappa shape index (κ3) is 5.26. The third-order valence-electron chi connectivity index (χ3n) is 4.63. The normalized spacial score (nSPS) is 11.8. The zero-order valence-corrected chi connectivity index (χ0v) is 18.1. The van der Waals surface area contributed by atoms with E-state index in [9.17, 15) is 18.5 Å². The molecule has 3 aromatic carbocycles. The Kier molecular flexibility index (Phi) is 6.36. The third-order valence-corrected chi connectivity index (χ3v) is 6.03. The van der Waals surface area contributed by atoms with E-state index in [0.29, 0.717) is 11.4 Å². The summed E-state index contributed by atoms with van der Waals surface area (Å²) in [5, 5.41) is 15.5. The molecule has 0 aliphatic carbocycles. The van der Waals surface area contributed by atoms with Crippen molar-refractivity contribution in [2.45, 2.75) is 25.7 Å². The number of rotatable bonds is 7. The van der Waals surface area contributed by atoms with Crippen molar-refractivity contribution in [1.82, 2.24) is 0 Å². The molecule has 0 fully saturated rings. The van der Waals surface area contributed by atoms with Gasteiger partial charge in [-0.2, -0.15) is 5.10 Å². The standard InChI is InChI=1S/C22H22N4O4S/c1-15-9-11-20(16(2)13-15)25-31(29,30)22-14-19(26(27)28)10-12-21(22)24-23-17(3)18-7-5-4-6-8-18/h4-14,24-25H,1-3H3. The molecule has 3 rings (SSSR count). The van der Waals surface area contributed by atoms with Gasteiger partial charge >= 0.3 is 0 Å². The van der Waals surface area contributed by atoms with Gasteiger partial charge in [-0.05, 0) is 44.0 Å². The number of non-ortho nitro benzene ring substituents is 1. The maximum atomic E-state index is 13.1. The van der Waals surface area contributed by atoms with Crippen LogP contribution in [0.25, 0.3) is 0 Å². The Morgan fingerprint density at radius 2 is 1.65 bits per heavy atom. The average molecular weight is 439 g/mol. The lowest BCUT2D eigenvalue weighted by atomic mass is 10.1. The van der Waals surface area contributed by atoms with Gasteiger partial charge < -0.3 is 0 Å². The summed E-state index contributed by atoms with van der Waals surface area (Å²) in [6.07, 6.45) is 0. The molecule has 0 amide bonds. The van der Waals surface area contributed by atoms with Gasteiger partial charge in [-0.25, -0.2) is 8.42 Å². The Bertz CT molecular complexity index is 1260.